The van der Waals surface area contributed by atoms with E-state index in [1.807, 2.05) is 32.0 Å². The van der Waals surface area contributed by atoms with Gasteiger partial charge in [0.15, 0.2) is 0 Å². The van der Waals surface area contributed by atoms with E-state index in [-0.39, 0.29) is 47.9 Å². The lowest BCUT2D eigenvalue weighted by Gasteiger charge is -2.37. The first-order chi connectivity index (χ1) is 15.9. The largest absolute Gasteiger partial charge is 0.457 e. The van der Waals surface area contributed by atoms with Crippen LogP contribution in [0.15, 0.2) is 54.6 Å². The molecule has 4 aliphatic carbocycles. The fraction of sp³-hybridized carbons (Fsp3) is 0.370. The van der Waals surface area contributed by atoms with Crippen LogP contribution in [0.4, 0.5) is 5.69 Å². The van der Waals surface area contributed by atoms with Gasteiger partial charge in [-0.15, -0.1) is 0 Å². The summed E-state index contributed by atoms with van der Waals surface area (Å²) >= 11 is 0. The lowest BCUT2D eigenvalue weighted by Crippen LogP contribution is -2.40. The number of likely N-dealkylation sites (tertiary alicyclic amines) is 1. The summed E-state index contributed by atoms with van der Waals surface area (Å²) in [5, 5.41) is 2.80. The van der Waals surface area contributed by atoms with E-state index in [1.54, 1.807) is 24.3 Å². The molecular formula is C27H26N2O4. The third-order valence-corrected chi connectivity index (χ3v) is 7.82. The predicted molar refractivity (Wildman–Crippen MR) is 122 cm³/mol. The van der Waals surface area contributed by atoms with Crippen molar-refractivity contribution < 1.29 is 19.1 Å². The van der Waals surface area contributed by atoms with Crippen molar-refractivity contribution in [1.29, 1.82) is 0 Å². The fourth-order valence-electron chi connectivity index (χ4n) is 6.20. The molecular weight excluding hydrogens is 416 g/mol. The van der Waals surface area contributed by atoms with Crippen LogP contribution in [-0.4, -0.2) is 29.2 Å². The second-order valence-corrected chi connectivity index (χ2v) is 9.81. The van der Waals surface area contributed by atoms with Gasteiger partial charge in [-0.2, -0.15) is 0 Å². The number of amides is 3. The molecule has 0 aromatic heterocycles. The Hall–Kier alpha value is -3.41. The van der Waals surface area contributed by atoms with E-state index in [9.17, 15) is 14.4 Å². The van der Waals surface area contributed by atoms with E-state index >= 15 is 0 Å². The lowest BCUT2D eigenvalue weighted by atomic mass is 9.63. The molecule has 2 aromatic carbocycles. The Morgan fingerprint density at radius 3 is 2.09 bits per heavy atom. The van der Waals surface area contributed by atoms with E-state index in [2.05, 4.69) is 17.5 Å². The van der Waals surface area contributed by atoms with Crippen LogP contribution in [0.2, 0.25) is 0 Å². The molecule has 0 spiro atoms. The molecule has 2 bridgehead atoms. The van der Waals surface area contributed by atoms with E-state index in [0.29, 0.717) is 23.3 Å². The number of benzene rings is 2. The molecule has 168 valence electrons. The van der Waals surface area contributed by atoms with Crippen molar-refractivity contribution in [3.05, 3.63) is 65.7 Å². The van der Waals surface area contributed by atoms with Crippen LogP contribution in [0.3, 0.4) is 0 Å². The summed E-state index contributed by atoms with van der Waals surface area (Å²) in [6.07, 6.45) is 5.40. The number of carbonyl (C=O) groups excluding carboxylic acids is 3. The zero-order valence-electron chi connectivity index (χ0n) is 18.7. The Morgan fingerprint density at radius 2 is 1.52 bits per heavy atom. The van der Waals surface area contributed by atoms with Crippen molar-refractivity contribution in [3.8, 4) is 11.5 Å². The second kappa shape index (κ2) is 7.30. The number of imide groups is 1. The number of hydrogen-bond acceptors (Lipinski definition) is 4. The number of ether oxygens (including phenoxy) is 1. The van der Waals surface area contributed by atoms with Crippen molar-refractivity contribution in [2.45, 2.75) is 20.3 Å². The Kier molecular flexibility index (Phi) is 4.47. The van der Waals surface area contributed by atoms with Crippen molar-refractivity contribution in [3.63, 3.8) is 0 Å². The maximum absolute atomic E-state index is 13.0. The van der Waals surface area contributed by atoms with Gasteiger partial charge in [0.2, 0.25) is 17.7 Å². The van der Waals surface area contributed by atoms with Gasteiger partial charge >= 0.3 is 0 Å². The molecule has 3 fully saturated rings. The van der Waals surface area contributed by atoms with Gasteiger partial charge in [-0.05, 0) is 79.3 Å². The van der Waals surface area contributed by atoms with Crippen LogP contribution in [0, 0.1) is 49.4 Å². The van der Waals surface area contributed by atoms with E-state index in [4.69, 9.17) is 4.74 Å². The van der Waals surface area contributed by atoms with Gasteiger partial charge in [-0.3, -0.25) is 19.3 Å². The minimum absolute atomic E-state index is 0.166. The number of para-hydroxylation sites is 1. The summed E-state index contributed by atoms with van der Waals surface area (Å²) in [7, 11) is 0. The lowest BCUT2D eigenvalue weighted by molar-refractivity contribution is -0.142. The predicted octanol–water partition coefficient (Wildman–Crippen LogP) is 4.09. The van der Waals surface area contributed by atoms with Gasteiger partial charge in [0, 0.05) is 5.69 Å². The van der Waals surface area contributed by atoms with Gasteiger partial charge in [0.05, 0.1) is 11.8 Å². The average molecular weight is 443 g/mol. The van der Waals surface area contributed by atoms with Crippen LogP contribution in [-0.2, 0) is 14.4 Å². The third-order valence-electron chi connectivity index (χ3n) is 7.82. The first kappa shape index (κ1) is 20.2. The molecule has 6 atom stereocenters. The maximum Gasteiger partial charge on any atom is 0.244 e. The van der Waals surface area contributed by atoms with Gasteiger partial charge < -0.3 is 10.1 Å². The molecule has 5 aliphatic rings. The highest BCUT2D eigenvalue weighted by atomic mass is 16.5. The SMILES string of the molecule is Cc1cccc(C)c1Oc1ccc(NC(=O)CN2C(=O)[C@@H]3[C@H]4C=C[C@@H]([C@@H]5C[C@@H]45)[C@@H]3C2=O)cc1. The molecule has 3 amide bonds. The third kappa shape index (κ3) is 3.19. The van der Waals surface area contributed by atoms with Crippen LogP contribution in [0.25, 0.3) is 0 Å². The zero-order valence-corrected chi connectivity index (χ0v) is 18.7. The van der Waals surface area contributed by atoms with E-state index in [0.717, 1.165) is 23.3 Å². The Labute approximate surface area is 192 Å². The van der Waals surface area contributed by atoms with Gasteiger partial charge in [-0.1, -0.05) is 30.4 Å². The Balaban J connectivity index is 1.10. The molecule has 0 unspecified atom stereocenters. The van der Waals surface area contributed by atoms with E-state index in [1.165, 1.54) is 4.90 Å². The van der Waals surface area contributed by atoms with Crippen molar-refractivity contribution >= 4 is 23.4 Å². The molecule has 0 radical (unpaired) electrons. The minimum atomic E-state index is -0.371. The molecule has 7 rings (SSSR count). The number of allylic oxidation sites excluding steroid dienone is 2. The molecule has 6 nitrogen and oxygen atoms in total. The van der Waals surface area contributed by atoms with Crippen molar-refractivity contribution in [1.82, 2.24) is 4.90 Å². The smallest absolute Gasteiger partial charge is 0.244 e. The van der Waals surface area contributed by atoms with Crippen molar-refractivity contribution in [2.75, 3.05) is 11.9 Å². The van der Waals surface area contributed by atoms with Crippen LogP contribution < -0.4 is 10.1 Å². The first-order valence-corrected chi connectivity index (χ1v) is 11.6. The molecule has 1 saturated heterocycles. The molecule has 6 heteroatoms. The van der Waals surface area contributed by atoms with Crippen LogP contribution in [0.5, 0.6) is 11.5 Å². The molecule has 2 aromatic rings. The van der Waals surface area contributed by atoms with Gasteiger partial charge in [0.25, 0.3) is 0 Å². The van der Waals surface area contributed by atoms with E-state index < -0.39 is 0 Å². The summed E-state index contributed by atoms with van der Waals surface area (Å²) < 4.78 is 6.01. The topological polar surface area (TPSA) is 75.7 Å². The molecule has 2 saturated carbocycles. The van der Waals surface area contributed by atoms with Crippen molar-refractivity contribution in [2.24, 2.45) is 35.5 Å². The average Bonchev–Trinajstić information content (AvgIpc) is 3.59. The number of rotatable bonds is 5. The fourth-order valence-corrected chi connectivity index (χ4v) is 6.20. The Bertz CT molecular complexity index is 1140. The van der Waals surface area contributed by atoms with Gasteiger partial charge in [-0.25, -0.2) is 0 Å². The number of nitrogens with zero attached hydrogens (tertiary/aromatic N) is 1. The highest BCUT2D eigenvalue weighted by molar-refractivity contribution is 6.09. The summed E-state index contributed by atoms with van der Waals surface area (Å²) in [6, 6.07) is 13.1. The Morgan fingerprint density at radius 1 is 0.939 bits per heavy atom. The summed E-state index contributed by atoms with van der Waals surface area (Å²) in [6.45, 7) is 3.76. The quantitative estimate of drug-likeness (QED) is 0.559. The molecule has 33 heavy (non-hydrogen) atoms. The summed E-state index contributed by atoms with van der Waals surface area (Å²) in [5.41, 5.74) is 2.69. The summed E-state index contributed by atoms with van der Waals surface area (Å²) in [5.74, 6) is 1.65. The first-order valence-electron chi connectivity index (χ1n) is 11.6. The highest BCUT2D eigenvalue weighted by Gasteiger charge is 2.67. The normalized spacial score (nSPS) is 30.8. The number of anilines is 1. The highest BCUT2D eigenvalue weighted by Crippen LogP contribution is 2.65. The summed E-state index contributed by atoms with van der Waals surface area (Å²) in [4.78, 5) is 39.9. The minimum Gasteiger partial charge on any atom is -0.457 e. The standard InChI is InChI=1S/C27H26N2O4/c1-14-4-3-5-15(2)25(14)33-17-8-6-16(7-9-17)28-22(30)13-29-26(31)23-18-10-11-19(21-12-20(18)21)24(23)27(29)32/h3-11,18-21,23-24H,12-13H2,1-2H3,(H,28,30)/t18-,19-,20-,21-,23-,24+/m0/s1. The molecule has 1 N–H and O–H groups in total. The van der Waals surface area contributed by atoms with Crippen LogP contribution >= 0.6 is 0 Å². The van der Waals surface area contributed by atoms with Gasteiger partial charge in [0.1, 0.15) is 18.0 Å². The number of hydrogen-bond donors (Lipinski definition) is 1. The second-order valence-electron chi connectivity index (χ2n) is 9.81. The number of aryl methyl sites for hydroxylation is 2. The monoisotopic (exact) mass is 442 g/mol. The maximum atomic E-state index is 13.0. The molecule has 1 aliphatic heterocycles. The molecule has 1 heterocycles. The number of nitrogens with one attached hydrogen (secondary N) is 1. The zero-order chi connectivity index (χ0) is 22.9. The number of carbonyl (C=O) groups is 3. The van der Waals surface area contributed by atoms with Crippen LogP contribution in [0.1, 0.15) is 17.5 Å².